The molecule has 0 saturated heterocycles. The van der Waals surface area contributed by atoms with E-state index < -0.39 is 0 Å². The van der Waals surface area contributed by atoms with Crippen LogP contribution in [0.4, 0.5) is 17.1 Å². The number of hydrogen-bond acceptors (Lipinski definition) is 2. The Morgan fingerprint density at radius 3 is 1.43 bits per heavy atom. The van der Waals surface area contributed by atoms with Gasteiger partial charge in [-0.1, -0.05) is 231 Å². The summed E-state index contributed by atoms with van der Waals surface area (Å²) in [5, 5.41) is 10.1. The maximum absolute atomic E-state index is 2.42. The van der Waals surface area contributed by atoms with Crippen molar-refractivity contribution in [2.75, 3.05) is 4.90 Å². The van der Waals surface area contributed by atoms with Crippen molar-refractivity contribution in [2.45, 2.75) is 0 Å². The zero-order valence-electron chi connectivity index (χ0n) is 40.5. The van der Waals surface area contributed by atoms with Gasteiger partial charge in [0.1, 0.15) is 0 Å². The minimum atomic E-state index is 1.08. The lowest BCUT2D eigenvalue weighted by molar-refractivity contribution is 1.28. The summed E-state index contributed by atoms with van der Waals surface area (Å²) in [5.74, 6) is 0. The average Bonchev–Trinajstić information content (AvgIpc) is 3.87. The smallest absolute Gasteiger partial charge is 0.0467 e. The van der Waals surface area contributed by atoms with E-state index in [1.165, 1.54) is 114 Å². The number of anilines is 3. The van der Waals surface area contributed by atoms with Crippen molar-refractivity contribution >= 4 is 80.9 Å². The Labute approximate surface area is 435 Å². The molecule has 1 nitrogen and oxygen atoms in total. The molecule has 0 unspecified atom stereocenters. The molecule has 0 bridgehead atoms. The Balaban J connectivity index is 0.899. The van der Waals surface area contributed by atoms with Gasteiger partial charge in [0.25, 0.3) is 0 Å². The second kappa shape index (κ2) is 18.4. The third kappa shape index (κ3) is 7.72. The summed E-state index contributed by atoms with van der Waals surface area (Å²) in [4.78, 5) is 2.42. The van der Waals surface area contributed by atoms with Crippen molar-refractivity contribution in [3.63, 3.8) is 0 Å². The molecule has 0 amide bonds. The number of fused-ring (bicyclic) bond motifs is 7. The van der Waals surface area contributed by atoms with Gasteiger partial charge in [-0.25, -0.2) is 0 Å². The van der Waals surface area contributed by atoms with Crippen LogP contribution in [0.15, 0.2) is 285 Å². The molecule has 74 heavy (non-hydrogen) atoms. The lowest BCUT2D eigenvalue weighted by Gasteiger charge is -2.27. The van der Waals surface area contributed by atoms with Gasteiger partial charge in [-0.2, -0.15) is 0 Å². The predicted octanol–water partition coefficient (Wildman–Crippen LogP) is 21.0. The Kier molecular flexibility index (Phi) is 10.8. The van der Waals surface area contributed by atoms with E-state index in [-0.39, 0.29) is 0 Å². The fraction of sp³-hybridized carbons (Fsp3) is 0. The van der Waals surface area contributed by atoms with Gasteiger partial charge in [-0.05, 0) is 154 Å². The normalized spacial score (nSPS) is 11.5. The molecule has 0 N–H and O–H groups in total. The highest BCUT2D eigenvalue weighted by molar-refractivity contribution is 7.26. The van der Waals surface area contributed by atoms with Crippen molar-refractivity contribution in [3.05, 3.63) is 285 Å². The van der Waals surface area contributed by atoms with E-state index >= 15 is 0 Å². The van der Waals surface area contributed by atoms with Gasteiger partial charge in [0.05, 0.1) is 0 Å². The minimum Gasteiger partial charge on any atom is -0.310 e. The summed E-state index contributed by atoms with van der Waals surface area (Å²) in [6.45, 7) is 0. The molecule has 0 spiro atoms. The highest BCUT2D eigenvalue weighted by atomic mass is 32.1. The first-order valence-corrected chi connectivity index (χ1v) is 26.2. The minimum absolute atomic E-state index is 1.08. The lowest BCUT2D eigenvalue weighted by Crippen LogP contribution is -2.10. The number of rotatable bonds is 9. The molecule has 13 aromatic carbocycles. The number of hydrogen-bond donors (Lipinski definition) is 0. The highest BCUT2D eigenvalue weighted by Gasteiger charge is 2.20. The van der Waals surface area contributed by atoms with Crippen molar-refractivity contribution in [2.24, 2.45) is 0 Å². The van der Waals surface area contributed by atoms with E-state index in [2.05, 4.69) is 290 Å². The van der Waals surface area contributed by atoms with Crippen molar-refractivity contribution in [1.29, 1.82) is 0 Å². The van der Waals surface area contributed by atoms with E-state index in [1.807, 2.05) is 11.3 Å². The van der Waals surface area contributed by atoms with Crippen LogP contribution < -0.4 is 4.90 Å². The number of thiophene rings is 1. The summed E-state index contributed by atoms with van der Waals surface area (Å²) in [7, 11) is 0. The number of benzene rings is 13. The van der Waals surface area contributed by atoms with Crippen LogP contribution in [0.1, 0.15) is 0 Å². The quantitative estimate of drug-likeness (QED) is 0.130. The molecule has 0 saturated carbocycles. The van der Waals surface area contributed by atoms with Gasteiger partial charge >= 0.3 is 0 Å². The Morgan fingerprint density at radius 2 is 0.703 bits per heavy atom. The van der Waals surface area contributed by atoms with Crippen molar-refractivity contribution in [3.8, 4) is 66.8 Å². The van der Waals surface area contributed by atoms with E-state index in [1.54, 1.807) is 0 Å². The first kappa shape index (κ1) is 43.4. The zero-order chi connectivity index (χ0) is 49.0. The maximum Gasteiger partial charge on any atom is 0.0467 e. The number of nitrogens with zero attached hydrogens (tertiary/aromatic N) is 1. The van der Waals surface area contributed by atoms with E-state index in [0.29, 0.717) is 0 Å². The fourth-order valence-corrected chi connectivity index (χ4v) is 12.5. The zero-order valence-corrected chi connectivity index (χ0v) is 41.3. The highest BCUT2D eigenvalue weighted by Crippen LogP contribution is 2.47. The van der Waals surface area contributed by atoms with Gasteiger partial charge in [0.2, 0.25) is 0 Å². The molecule has 1 aromatic heterocycles. The molecule has 346 valence electrons. The van der Waals surface area contributed by atoms with Crippen LogP contribution in [0.5, 0.6) is 0 Å². The lowest BCUT2D eigenvalue weighted by atomic mass is 9.84. The fourth-order valence-electron chi connectivity index (χ4n) is 11.3. The van der Waals surface area contributed by atoms with Gasteiger partial charge < -0.3 is 4.90 Å². The van der Waals surface area contributed by atoms with Crippen molar-refractivity contribution in [1.82, 2.24) is 0 Å². The molecule has 14 aromatic rings. The molecule has 0 aliphatic rings. The van der Waals surface area contributed by atoms with Crippen molar-refractivity contribution < 1.29 is 0 Å². The summed E-state index contributed by atoms with van der Waals surface area (Å²) < 4.78 is 2.62. The van der Waals surface area contributed by atoms with E-state index in [0.717, 1.165) is 22.6 Å². The second-order valence-electron chi connectivity index (χ2n) is 19.2. The van der Waals surface area contributed by atoms with Crippen LogP contribution in [0.3, 0.4) is 0 Å². The van der Waals surface area contributed by atoms with Crippen LogP contribution in [0.25, 0.3) is 119 Å². The first-order valence-electron chi connectivity index (χ1n) is 25.4. The van der Waals surface area contributed by atoms with Gasteiger partial charge in [-0.3, -0.25) is 0 Å². The Hall–Kier alpha value is -9.34. The SMILES string of the molecule is c1ccc(-c2c(-c3ccccc3)c3cc(-c4cccc(N(c5ccc(-c6ccc(-c7ccc8ccccc8c7)cc6)cc5)c5cccc(-c6cccc7c6sc6ccccc67)c5)c4)ccc3c3ccccc23)cc1. The maximum atomic E-state index is 2.42. The van der Waals surface area contributed by atoms with Crippen LogP contribution in [0.2, 0.25) is 0 Å². The summed E-state index contributed by atoms with van der Waals surface area (Å²) in [6, 6.07) is 105. The standard InChI is InChI=1S/C72H47NS/c1-3-17-52(18-4-1)70-66-28-10-9-26-63(66)64-43-40-57(47-68(64)71(70)53-19-5-2-6-20-53)55-22-13-24-60(45-55)73(61-25-14-23-58(46-61)62-29-15-30-67-65-27-11-12-31-69(65)74-72(62)67)59-41-38-50(39-42-59)49-32-34-51(35-33-49)56-37-36-48-16-7-8-21-54(48)44-56/h1-47H. The van der Waals surface area contributed by atoms with E-state index in [4.69, 9.17) is 0 Å². The molecular formula is C72H47NS. The molecule has 0 radical (unpaired) electrons. The molecule has 14 rings (SSSR count). The van der Waals surface area contributed by atoms with E-state index in [9.17, 15) is 0 Å². The molecule has 0 aliphatic heterocycles. The summed E-state index contributed by atoms with van der Waals surface area (Å²) in [5.41, 5.74) is 17.7. The monoisotopic (exact) mass is 957 g/mol. The summed E-state index contributed by atoms with van der Waals surface area (Å²) in [6.07, 6.45) is 0. The Bertz CT molecular complexity index is 4400. The average molecular weight is 958 g/mol. The molecule has 2 heteroatoms. The first-order chi connectivity index (χ1) is 36.7. The van der Waals surface area contributed by atoms with Gasteiger partial charge in [0, 0.05) is 37.2 Å². The van der Waals surface area contributed by atoms with Crippen LogP contribution >= 0.6 is 11.3 Å². The molecule has 0 aliphatic carbocycles. The van der Waals surface area contributed by atoms with Crippen LogP contribution in [-0.4, -0.2) is 0 Å². The van der Waals surface area contributed by atoms with Crippen LogP contribution in [0, 0.1) is 0 Å². The molecular weight excluding hydrogens is 911 g/mol. The molecule has 1 heterocycles. The largest absolute Gasteiger partial charge is 0.310 e. The second-order valence-corrected chi connectivity index (χ2v) is 20.2. The molecule has 0 fully saturated rings. The Morgan fingerprint density at radius 1 is 0.230 bits per heavy atom. The van der Waals surface area contributed by atoms with Gasteiger partial charge in [0.15, 0.2) is 0 Å². The summed E-state index contributed by atoms with van der Waals surface area (Å²) >= 11 is 1.88. The molecule has 0 atom stereocenters. The predicted molar refractivity (Wildman–Crippen MR) is 319 cm³/mol. The third-order valence-corrected chi connectivity index (χ3v) is 16.1. The third-order valence-electron chi connectivity index (χ3n) is 14.8. The topological polar surface area (TPSA) is 3.24 Å². The van der Waals surface area contributed by atoms with Crippen LogP contribution in [-0.2, 0) is 0 Å². The van der Waals surface area contributed by atoms with Gasteiger partial charge in [-0.15, -0.1) is 11.3 Å².